The average molecular weight is 298 g/mol. The number of rotatable bonds is 3. The number of hydrogen-bond acceptors (Lipinski definition) is 1. The topological polar surface area (TPSA) is 17.1 Å². The molecule has 0 atom stereocenters. The number of carbonyl (C=O) groups excluding carboxylic acids is 1. The number of carbonyl (C=O) groups is 1. The molecule has 2 aromatic rings. The molecule has 3 heteroatoms. The third-order valence-corrected chi connectivity index (χ3v) is 3.37. The van der Waals surface area contributed by atoms with Crippen molar-refractivity contribution in [2.24, 2.45) is 0 Å². The van der Waals surface area contributed by atoms with Crippen molar-refractivity contribution in [3.63, 3.8) is 0 Å². The van der Waals surface area contributed by atoms with Crippen molar-refractivity contribution >= 4 is 44.1 Å². The van der Waals surface area contributed by atoms with Crippen LogP contribution in [-0.4, -0.2) is 11.7 Å². The molecule has 1 nitrogen and oxygen atoms in total. The largest absolute Gasteiger partial charge is 0.294 e. The van der Waals surface area contributed by atoms with E-state index in [-0.39, 0.29) is 5.78 Å². The lowest BCUT2D eigenvalue weighted by molar-refractivity contribution is 0.0991. The highest BCUT2D eigenvalue weighted by Gasteiger charge is 2.10. The Labute approximate surface area is 108 Å². The highest BCUT2D eigenvalue weighted by molar-refractivity contribution is 9.10. The fraction of sp³-hybridized carbons (Fsp3) is 0.154. The Morgan fingerprint density at radius 3 is 2.50 bits per heavy atom. The van der Waals surface area contributed by atoms with Gasteiger partial charge < -0.3 is 0 Å². The summed E-state index contributed by atoms with van der Waals surface area (Å²) in [6, 6.07) is 11.6. The third-order valence-electron chi connectivity index (χ3n) is 2.49. The van der Waals surface area contributed by atoms with Crippen LogP contribution in [0.2, 0.25) is 0 Å². The second kappa shape index (κ2) is 4.98. The van der Waals surface area contributed by atoms with Crippen LogP contribution < -0.4 is 0 Å². The molecule has 2 aromatic carbocycles. The monoisotopic (exact) mass is 296 g/mol. The Balaban J connectivity index is 2.63. The number of Topliss-reactive ketones (excluding diaryl/α,β-unsaturated/α-hetero) is 1. The maximum absolute atomic E-state index is 11.9. The fourth-order valence-electron chi connectivity index (χ4n) is 1.73. The summed E-state index contributed by atoms with van der Waals surface area (Å²) in [5, 5.41) is 2.04. The first-order chi connectivity index (χ1) is 7.74. The summed E-state index contributed by atoms with van der Waals surface area (Å²) in [5.74, 6) is 0.460. The van der Waals surface area contributed by atoms with Gasteiger partial charge in [0, 0.05) is 22.3 Å². The lowest BCUT2D eigenvalue weighted by atomic mass is 10.0. The van der Waals surface area contributed by atoms with Crippen LogP contribution >= 0.6 is 27.5 Å². The van der Waals surface area contributed by atoms with Crippen molar-refractivity contribution < 1.29 is 4.79 Å². The Morgan fingerprint density at radius 2 is 1.81 bits per heavy atom. The Kier molecular flexibility index (Phi) is 3.62. The summed E-state index contributed by atoms with van der Waals surface area (Å²) >= 11 is 9.08. The zero-order chi connectivity index (χ0) is 11.5. The Bertz CT molecular complexity index is 536. The van der Waals surface area contributed by atoms with Crippen LogP contribution in [0.15, 0.2) is 40.9 Å². The summed E-state index contributed by atoms with van der Waals surface area (Å²) in [7, 11) is 0. The quantitative estimate of drug-likeness (QED) is 0.605. The molecule has 0 fully saturated rings. The fourth-order valence-corrected chi connectivity index (χ4v) is 2.38. The minimum Gasteiger partial charge on any atom is -0.294 e. The summed E-state index contributed by atoms with van der Waals surface area (Å²) in [5.41, 5.74) is 0.749. The van der Waals surface area contributed by atoms with Gasteiger partial charge >= 0.3 is 0 Å². The van der Waals surface area contributed by atoms with Crippen LogP contribution in [0.5, 0.6) is 0 Å². The van der Waals surface area contributed by atoms with E-state index in [9.17, 15) is 4.79 Å². The van der Waals surface area contributed by atoms with Gasteiger partial charge in [-0.1, -0.05) is 40.2 Å². The third kappa shape index (κ3) is 2.13. The van der Waals surface area contributed by atoms with Crippen molar-refractivity contribution in [2.45, 2.75) is 6.42 Å². The van der Waals surface area contributed by atoms with Crippen molar-refractivity contribution in [2.75, 3.05) is 5.88 Å². The van der Waals surface area contributed by atoms with Crippen molar-refractivity contribution in [1.29, 1.82) is 0 Å². The molecule has 0 aliphatic heterocycles. The Hall–Kier alpha value is -0.860. The van der Waals surface area contributed by atoms with Gasteiger partial charge in [0.2, 0.25) is 0 Å². The predicted molar refractivity (Wildman–Crippen MR) is 71.3 cm³/mol. The highest BCUT2D eigenvalue weighted by Crippen LogP contribution is 2.27. The molecule has 0 N–H and O–H groups in total. The number of alkyl halides is 1. The van der Waals surface area contributed by atoms with Gasteiger partial charge in [0.05, 0.1) is 0 Å². The second-order valence-electron chi connectivity index (χ2n) is 3.50. The van der Waals surface area contributed by atoms with Gasteiger partial charge in [0.15, 0.2) is 5.78 Å². The van der Waals surface area contributed by atoms with Crippen molar-refractivity contribution in [3.05, 3.63) is 46.4 Å². The van der Waals surface area contributed by atoms with Crippen molar-refractivity contribution in [3.8, 4) is 0 Å². The van der Waals surface area contributed by atoms with Crippen LogP contribution in [-0.2, 0) is 0 Å². The van der Waals surface area contributed by atoms with Gasteiger partial charge in [-0.3, -0.25) is 4.79 Å². The molecule has 0 bridgehead atoms. The maximum atomic E-state index is 11.9. The normalized spacial score (nSPS) is 10.6. The van der Waals surface area contributed by atoms with Gasteiger partial charge in [-0.05, 0) is 22.9 Å². The Morgan fingerprint density at radius 1 is 1.12 bits per heavy atom. The molecular weight excluding hydrogens is 287 g/mol. The first-order valence-corrected chi connectivity index (χ1v) is 6.33. The van der Waals surface area contributed by atoms with E-state index in [0.29, 0.717) is 12.3 Å². The minimum absolute atomic E-state index is 0.0960. The highest BCUT2D eigenvalue weighted by atomic mass is 79.9. The average Bonchev–Trinajstić information content (AvgIpc) is 2.30. The van der Waals surface area contributed by atoms with E-state index in [1.54, 1.807) is 0 Å². The molecule has 0 aliphatic rings. The van der Waals surface area contributed by atoms with Gasteiger partial charge in [-0.2, -0.15) is 0 Å². The molecule has 0 heterocycles. The maximum Gasteiger partial charge on any atom is 0.164 e. The molecule has 0 unspecified atom stereocenters. The van der Waals surface area contributed by atoms with E-state index in [0.717, 1.165) is 20.8 Å². The molecule has 0 saturated carbocycles. The van der Waals surface area contributed by atoms with E-state index in [1.807, 2.05) is 36.4 Å². The molecule has 0 amide bonds. The van der Waals surface area contributed by atoms with E-state index < -0.39 is 0 Å². The van der Waals surface area contributed by atoms with Crippen LogP contribution in [0.3, 0.4) is 0 Å². The SMILES string of the molecule is O=C(CCCl)c1ccc(Br)c2ccccc12. The first kappa shape index (κ1) is 11.6. The van der Waals surface area contributed by atoms with Crippen LogP contribution in [0.25, 0.3) is 10.8 Å². The first-order valence-electron chi connectivity index (χ1n) is 5.00. The van der Waals surface area contributed by atoms with E-state index in [1.165, 1.54) is 0 Å². The van der Waals surface area contributed by atoms with Gasteiger partial charge in [0.1, 0.15) is 0 Å². The van der Waals surface area contributed by atoms with Gasteiger partial charge in [0.25, 0.3) is 0 Å². The molecule has 0 aromatic heterocycles. The summed E-state index contributed by atoms with van der Waals surface area (Å²) in [6.07, 6.45) is 0.382. The lowest BCUT2D eigenvalue weighted by Crippen LogP contribution is -2.00. The second-order valence-corrected chi connectivity index (χ2v) is 4.73. The molecule has 0 aliphatic carbocycles. The smallest absolute Gasteiger partial charge is 0.164 e. The van der Waals surface area contributed by atoms with E-state index >= 15 is 0 Å². The van der Waals surface area contributed by atoms with E-state index in [4.69, 9.17) is 11.6 Å². The number of halogens is 2. The summed E-state index contributed by atoms with van der Waals surface area (Å²) in [4.78, 5) is 11.9. The molecule has 0 radical (unpaired) electrons. The standard InChI is InChI=1S/C13H10BrClO/c14-12-6-5-11(13(16)7-8-15)9-3-1-2-4-10(9)12/h1-6H,7-8H2. The molecule has 2 rings (SSSR count). The predicted octanol–water partition coefficient (Wildman–Crippen LogP) is 4.41. The van der Waals surface area contributed by atoms with Crippen LogP contribution in [0, 0.1) is 0 Å². The van der Waals surface area contributed by atoms with Crippen LogP contribution in [0.4, 0.5) is 0 Å². The number of benzene rings is 2. The van der Waals surface area contributed by atoms with Crippen LogP contribution in [0.1, 0.15) is 16.8 Å². The lowest BCUT2D eigenvalue weighted by Gasteiger charge is -2.06. The molecular formula is C13H10BrClO. The van der Waals surface area contributed by atoms with Crippen molar-refractivity contribution in [1.82, 2.24) is 0 Å². The molecule has 82 valence electrons. The minimum atomic E-state index is 0.0960. The number of fused-ring (bicyclic) bond motifs is 1. The van der Waals surface area contributed by atoms with E-state index in [2.05, 4.69) is 15.9 Å². The zero-order valence-electron chi connectivity index (χ0n) is 8.54. The van der Waals surface area contributed by atoms with Gasteiger partial charge in [-0.25, -0.2) is 0 Å². The molecule has 16 heavy (non-hydrogen) atoms. The zero-order valence-corrected chi connectivity index (χ0v) is 10.9. The molecule has 0 spiro atoms. The summed E-state index contributed by atoms with van der Waals surface area (Å²) in [6.45, 7) is 0. The number of hydrogen-bond donors (Lipinski definition) is 0. The van der Waals surface area contributed by atoms with Gasteiger partial charge in [-0.15, -0.1) is 11.6 Å². The summed E-state index contributed by atoms with van der Waals surface area (Å²) < 4.78 is 1.01. The molecule has 0 saturated heterocycles. The number of ketones is 1.